The van der Waals surface area contributed by atoms with Crippen molar-refractivity contribution in [3.8, 4) is 0 Å². The number of carbonyl (C=O) groups is 2. The number of anilines is 1. The number of nitrogens with one attached hydrogen (secondary N) is 1. The highest BCUT2D eigenvalue weighted by atomic mass is 35.5. The van der Waals surface area contributed by atoms with Crippen LogP contribution < -0.4 is 5.32 Å². The van der Waals surface area contributed by atoms with Crippen molar-refractivity contribution in [2.75, 3.05) is 18.4 Å². The Labute approximate surface area is 266 Å². The number of aliphatic hydroxyl groups is 1. The molecule has 0 aliphatic heterocycles. The van der Waals surface area contributed by atoms with Gasteiger partial charge in [-0.15, -0.1) is 11.3 Å². The molecular formula is C32H34ClN3O6S2. The van der Waals surface area contributed by atoms with Crippen molar-refractivity contribution >= 4 is 49.9 Å². The van der Waals surface area contributed by atoms with Crippen LogP contribution in [0.1, 0.15) is 53.2 Å². The number of hydrogen-bond donors (Lipinski definition) is 2. The van der Waals surface area contributed by atoms with Crippen LogP contribution in [0, 0.1) is 6.92 Å². The van der Waals surface area contributed by atoms with E-state index in [0.29, 0.717) is 27.7 Å². The lowest BCUT2D eigenvalue weighted by Gasteiger charge is -2.29. The van der Waals surface area contributed by atoms with Crippen molar-refractivity contribution in [2.45, 2.75) is 55.6 Å². The summed E-state index contributed by atoms with van der Waals surface area (Å²) in [4.78, 5) is 32.1. The summed E-state index contributed by atoms with van der Waals surface area (Å²) in [7, 11) is -3.84. The van der Waals surface area contributed by atoms with Crippen molar-refractivity contribution < 1.29 is 27.9 Å². The molecule has 0 spiro atoms. The average Bonchev–Trinajstić information content (AvgIpc) is 3.38. The van der Waals surface area contributed by atoms with Gasteiger partial charge in [-0.05, 0) is 93.8 Å². The summed E-state index contributed by atoms with van der Waals surface area (Å²) >= 11 is 7.42. The zero-order chi connectivity index (χ0) is 32.1. The number of rotatable bonds is 10. The number of ether oxygens (including phenoxy) is 1. The fraction of sp³-hybridized carbons (Fsp3) is 0.281. The Hall–Kier alpha value is -3.77. The van der Waals surface area contributed by atoms with Gasteiger partial charge < -0.3 is 14.7 Å². The lowest BCUT2D eigenvalue weighted by Crippen LogP contribution is -2.40. The molecule has 3 aromatic carbocycles. The number of carbonyl (C=O) groups excluding carboxylic acids is 2. The number of amides is 2. The second-order valence-corrected chi connectivity index (χ2v) is 14.8. The Morgan fingerprint density at radius 1 is 1.05 bits per heavy atom. The van der Waals surface area contributed by atoms with Gasteiger partial charge in [0.1, 0.15) is 5.60 Å². The molecule has 44 heavy (non-hydrogen) atoms. The van der Waals surface area contributed by atoms with Gasteiger partial charge in [0.15, 0.2) is 5.13 Å². The monoisotopic (exact) mass is 655 g/mol. The molecule has 12 heteroatoms. The van der Waals surface area contributed by atoms with Crippen molar-refractivity contribution in [3.05, 3.63) is 106 Å². The Bertz CT molecular complexity index is 1720. The number of hydrogen-bond acceptors (Lipinski definition) is 8. The van der Waals surface area contributed by atoms with Crippen LogP contribution in [0.3, 0.4) is 0 Å². The predicted octanol–water partition coefficient (Wildman–Crippen LogP) is 6.70. The van der Waals surface area contributed by atoms with Crippen molar-refractivity contribution in [1.29, 1.82) is 0 Å². The number of aliphatic hydroxyl groups excluding tert-OH is 1. The fourth-order valence-corrected chi connectivity index (χ4v) is 6.33. The summed E-state index contributed by atoms with van der Waals surface area (Å²) < 4.78 is 32.1. The number of benzene rings is 3. The maximum absolute atomic E-state index is 13.3. The molecule has 1 heterocycles. The lowest BCUT2D eigenvalue weighted by atomic mass is 10.1. The third kappa shape index (κ3) is 8.88. The summed E-state index contributed by atoms with van der Waals surface area (Å²) in [5.74, 6) is -0.381. The molecule has 232 valence electrons. The molecule has 4 rings (SSSR count). The highest BCUT2D eigenvalue weighted by Gasteiger charge is 2.25. The van der Waals surface area contributed by atoms with E-state index < -0.39 is 27.6 Å². The first-order valence-corrected chi connectivity index (χ1v) is 16.5. The number of aryl methyl sites for hydroxylation is 1. The Kier molecular flexibility index (Phi) is 10.5. The van der Waals surface area contributed by atoms with Crippen LogP contribution in [-0.2, 0) is 21.0 Å². The maximum Gasteiger partial charge on any atom is 0.410 e. The lowest BCUT2D eigenvalue weighted by molar-refractivity contribution is 0.0147. The maximum atomic E-state index is 13.3. The van der Waals surface area contributed by atoms with Crippen LogP contribution in [0.5, 0.6) is 0 Å². The minimum Gasteiger partial charge on any atom is -0.444 e. The summed E-state index contributed by atoms with van der Waals surface area (Å²) in [5, 5.41) is 14.5. The van der Waals surface area contributed by atoms with Gasteiger partial charge in [-0.2, -0.15) is 0 Å². The molecule has 1 unspecified atom stereocenters. The Morgan fingerprint density at radius 2 is 1.68 bits per heavy atom. The van der Waals surface area contributed by atoms with E-state index in [2.05, 4.69) is 10.3 Å². The second-order valence-electron chi connectivity index (χ2n) is 11.1. The molecule has 9 nitrogen and oxygen atoms in total. The highest BCUT2D eigenvalue weighted by Crippen LogP contribution is 2.24. The minimum atomic E-state index is -3.84. The molecule has 1 aromatic heterocycles. The summed E-state index contributed by atoms with van der Waals surface area (Å²) in [5.41, 5.74) is 0.944. The first-order valence-electron chi connectivity index (χ1n) is 13.8. The van der Waals surface area contributed by atoms with Crippen LogP contribution in [0.4, 0.5) is 9.93 Å². The van der Waals surface area contributed by atoms with Crippen LogP contribution >= 0.6 is 22.9 Å². The third-order valence-electron chi connectivity index (χ3n) is 6.45. The molecule has 0 saturated heterocycles. The van der Waals surface area contributed by atoms with E-state index >= 15 is 0 Å². The standard InChI is InChI=1S/C32H34ClN3O6S2/c1-21-19-34-30(43-21)35-29(38)23-10-14-27(15-11-23)44(40,41)26-12-8-22(9-13-26)16-17-36(31(39)42-32(2,3)4)20-28(37)24-6-5-7-25(33)18-24/h5-15,18-19,28,37H,16-17,20H2,1-4H3,(H,34,35,38). The summed E-state index contributed by atoms with van der Waals surface area (Å²) in [6.45, 7) is 7.39. The molecule has 0 aliphatic carbocycles. The van der Waals surface area contributed by atoms with Gasteiger partial charge in [0.2, 0.25) is 9.84 Å². The average molecular weight is 656 g/mol. The van der Waals surface area contributed by atoms with E-state index in [9.17, 15) is 23.1 Å². The molecule has 2 N–H and O–H groups in total. The van der Waals surface area contributed by atoms with Gasteiger partial charge in [-0.3, -0.25) is 10.1 Å². The molecule has 0 bridgehead atoms. The normalized spacial score (nSPS) is 12.4. The van der Waals surface area contributed by atoms with Crippen LogP contribution in [0.25, 0.3) is 0 Å². The number of nitrogens with zero attached hydrogens (tertiary/aromatic N) is 2. The van der Waals surface area contributed by atoms with E-state index in [4.69, 9.17) is 16.3 Å². The molecule has 2 amide bonds. The van der Waals surface area contributed by atoms with E-state index in [1.807, 2.05) is 6.92 Å². The number of sulfone groups is 1. The van der Waals surface area contributed by atoms with E-state index in [1.165, 1.54) is 52.6 Å². The van der Waals surface area contributed by atoms with Gasteiger partial charge in [-0.1, -0.05) is 35.9 Å². The number of aromatic nitrogens is 1. The fourth-order valence-electron chi connectivity index (χ4n) is 4.21. The largest absolute Gasteiger partial charge is 0.444 e. The quantitative estimate of drug-likeness (QED) is 0.195. The molecule has 0 saturated carbocycles. The number of halogens is 1. The van der Waals surface area contributed by atoms with Gasteiger partial charge in [0.25, 0.3) is 5.91 Å². The van der Waals surface area contributed by atoms with Crippen molar-refractivity contribution in [2.24, 2.45) is 0 Å². The molecule has 1 atom stereocenters. The molecular weight excluding hydrogens is 622 g/mol. The van der Waals surface area contributed by atoms with Crippen molar-refractivity contribution in [1.82, 2.24) is 9.88 Å². The van der Waals surface area contributed by atoms with Crippen LogP contribution in [0.2, 0.25) is 5.02 Å². The summed E-state index contributed by atoms with van der Waals surface area (Å²) in [6.07, 6.45) is 0.495. The van der Waals surface area contributed by atoms with E-state index in [1.54, 1.807) is 63.4 Å². The zero-order valence-corrected chi connectivity index (χ0v) is 27.2. The minimum absolute atomic E-state index is 0.0147. The second kappa shape index (κ2) is 13.9. The summed E-state index contributed by atoms with van der Waals surface area (Å²) in [6, 6.07) is 18.9. The van der Waals surface area contributed by atoms with Crippen molar-refractivity contribution in [3.63, 3.8) is 0 Å². The van der Waals surface area contributed by atoms with Gasteiger partial charge >= 0.3 is 6.09 Å². The molecule has 0 aliphatic rings. The molecule has 0 fully saturated rings. The number of thiazole rings is 1. The topological polar surface area (TPSA) is 126 Å². The highest BCUT2D eigenvalue weighted by molar-refractivity contribution is 7.91. The molecule has 0 radical (unpaired) electrons. The van der Waals surface area contributed by atoms with Crippen LogP contribution in [0.15, 0.2) is 88.8 Å². The third-order valence-corrected chi connectivity index (χ3v) is 9.30. The van der Waals surface area contributed by atoms with Crippen LogP contribution in [-0.4, -0.2) is 54.1 Å². The van der Waals surface area contributed by atoms with E-state index in [-0.39, 0.29) is 28.8 Å². The SMILES string of the molecule is Cc1cnc(NC(=O)c2ccc(S(=O)(=O)c3ccc(CCN(CC(O)c4cccc(Cl)c4)C(=O)OC(C)(C)C)cc3)cc2)s1. The smallest absolute Gasteiger partial charge is 0.410 e. The zero-order valence-electron chi connectivity index (χ0n) is 24.8. The van der Waals surface area contributed by atoms with Gasteiger partial charge in [-0.25, -0.2) is 18.2 Å². The van der Waals surface area contributed by atoms with Gasteiger partial charge in [0, 0.05) is 28.2 Å². The Morgan fingerprint density at radius 3 is 2.25 bits per heavy atom. The molecule has 4 aromatic rings. The first-order chi connectivity index (χ1) is 20.7. The predicted molar refractivity (Wildman–Crippen MR) is 171 cm³/mol. The first kappa shape index (κ1) is 33.1. The van der Waals surface area contributed by atoms with Gasteiger partial charge in [0.05, 0.1) is 22.4 Å². The van der Waals surface area contributed by atoms with E-state index in [0.717, 1.165) is 10.4 Å². The Balaban J connectivity index is 1.43.